The second kappa shape index (κ2) is 3.12. The van der Waals surface area contributed by atoms with Gasteiger partial charge in [-0.15, -0.1) is 0 Å². The van der Waals surface area contributed by atoms with Crippen molar-refractivity contribution in [3.63, 3.8) is 0 Å². The lowest BCUT2D eigenvalue weighted by Crippen LogP contribution is -2.13. The quantitative estimate of drug-likeness (QED) is 0.700. The summed E-state index contributed by atoms with van der Waals surface area (Å²) < 4.78 is 2.01. The van der Waals surface area contributed by atoms with E-state index < -0.39 is 0 Å². The zero-order chi connectivity index (χ0) is 9.42. The number of nitrogens with zero attached hydrogens (tertiary/aromatic N) is 3. The Labute approximate surface area is 78.5 Å². The molecule has 0 fully saturated rings. The Morgan fingerprint density at radius 3 is 2.85 bits per heavy atom. The summed E-state index contributed by atoms with van der Waals surface area (Å²) in [6.45, 7) is 2.94. The summed E-state index contributed by atoms with van der Waals surface area (Å²) in [6.07, 6.45) is 0. The molecule has 1 aromatic heterocycles. The van der Waals surface area contributed by atoms with E-state index in [2.05, 4.69) is 22.4 Å². The highest BCUT2D eigenvalue weighted by Crippen LogP contribution is 2.23. The molecule has 0 bridgehead atoms. The van der Waals surface area contributed by atoms with E-state index in [1.807, 2.05) is 18.8 Å². The molecule has 0 aromatic carbocycles. The molecule has 0 saturated heterocycles. The molecule has 4 heteroatoms. The van der Waals surface area contributed by atoms with Crippen LogP contribution in [0.2, 0.25) is 0 Å². The van der Waals surface area contributed by atoms with Gasteiger partial charge in [-0.3, -0.25) is 9.58 Å². The lowest BCUT2D eigenvalue weighted by Gasteiger charge is -2.06. The Morgan fingerprint density at radius 1 is 1.38 bits per heavy atom. The Kier molecular flexibility index (Phi) is 2.09. The summed E-state index contributed by atoms with van der Waals surface area (Å²) in [7, 11) is 6.13. The van der Waals surface area contributed by atoms with Crippen LogP contribution in [0.4, 0.5) is 0 Å². The van der Waals surface area contributed by atoms with E-state index in [0.29, 0.717) is 0 Å². The number of aryl methyl sites for hydroxylation is 1. The number of fused-ring (bicyclic) bond motifs is 1. The highest BCUT2D eigenvalue weighted by atomic mass is 15.3. The van der Waals surface area contributed by atoms with Gasteiger partial charge in [0.1, 0.15) is 0 Å². The molecule has 0 spiro atoms. The van der Waals surface area contributed by atoms with Crippen molar-refractivity contribution in [2.75, 3.05) is 14.1 Å². The monoisotopic (exact) mass is 180 g/mol. The Hall–Kier alpha value is -0.870. The number of rotatable bonds is 2. The van der Waals surface area contributed by atoms with E-state index in [1.165, 1.54) is 17.0 Å². The zero-order valence-corrected chi connectivity index (χ0v) is 8.46. The van der Waals surface area contributed by atoms with Gasteiger partial charge in [0.2, 0.25) is 0 Å². The molecular formula is C9H16N4. The smallest absolute Gasteiger partial charge is 0.0810 e. The second-order valence-electron chi connectivity index (χ2n) is 3.70. The molecule has 72 valence electrons. The maximum atomic E-state index is 4.48. The molecule has 13 heavy (non-hydrogen) atoms. The molecule has 0 amide bonds. The van der Waals surface area contributed by atoms with Crippen LogP contribution < -0.4 is 5.32 Å². The molecule has 0 unspecified atom stereocenters. The fraction of sp³-hybridized carbons (Fsp3) is 0.667. The first-order chi connectivity index (χ1) is 6.22. The molecule has 2 heterocycles. The van der Waals surface area contributed by atoms with Crippen molar-refractivity contribution in [1.29, 1.82) is 0 Å². The van der Waals surface area contributed by atoms with E-state index in [0.717, 1.165) is 19.6 Å². The maximum Gasteiger partial charge on any atom is 0.0810 e. The van der Waals surface area contributed by atoms with Crippen LogP contribution >= 0.6 is 0 Å². The van der Waals surface area contributed by atoms with Gasteiger partial charge >= 0.3 is 0 Å². The topological polar surface area (TPSA) is 33.1 Å². The average molecular weight is 180 g/mol. The van der Waals surface area contributed by atoms with Crippen LogP contribution in [-0.4, -0.2) is 28.8 Å². The normalized spacial score (nSPS) is 16.5. The zero-order valence-electron chi connectivity index (χ0n) is 8.46. The van der Waals surface area contributed by atoms with Gasteiger partial charge in [0.25, 0.3) is 0 Å². The van der Waals surface area contributed by atoms with Crippen molar-refractivity contribution in [2.24, 2.45) is 7.05 Å². The molecule has 0 radical (unpaired) electrons. The molecule has 4 nitrogen and oxygen atoms in total. The number of hydrogen-bond donors (Lipinski definition) is 1. The second-order valence-corrected chi connectivity index (χ2v) is 3.70. The predicted octanol–water partition coefficient (Wildman–Crippen LogP) is 0.0849. The molecular weight excluding hydrogens is 164 g/mol. The van der Waals surface area contributed by atoms with Gasteiger partial charge in [-0.1, -0.05) is 0 Å². The van der Waals surface area contributed by atoms with Gasteiger partial charge in [-0.2, -0.15) is 5.10 Å². The number of nitrogens with one attached hydrogen (secondary N) is 1. The van der Waals surface area contributed by atoms with Crippen molar-refractivity contribution >= 4 is 0 Å². The van der Waals surface area contributed by atoms with Crippen molar-refractivity contribution in [1.82, 2.24) is 20.0 Å². The summed E-state index contributed by atoms with van der Waals surface area (Å²) in [5.74, 6) is 0. The Morgan fingerprint density at radius 2 is 2.15 bits per heavy atom. The van der Waals surface area contributed by atoms with Crippen LogP contribution in [0.5, 0.6) is 0 Å². The number of aromatic nitrogens is 2. The summed E-state index contributed by atoms with van der Waals surface area (Å²) >= 11 is 0. The minimum atomic E-state index is 0.872. The lowest BCUT2D eigenvalue weighted by molar-refractivity contribution is 0.342. The SMILES string of the molecule is CNCc1nn(C)c2c1CN(C)C2. The Bertz CT molecular complexity index is 316. The maximum absolute atomic E-state index is 4.48. The van der Waals surface area contributed by atoms with Crippen LogP contribution in [0, 0.1) is 0 Å². The fourth-order valence-corrected chi connectivity index (χ4v) is 1.93. The van der Waals surface area contributed by atoms with E-state index in [1.54, 1.807) is 0 Å². The highest BCUT2D eigenvalue weighted by molar-refractivity contribution is 5.29. The minimum absolute atomic E-state index is 0.872. The van der Waals surface area contributed by atoms with Gasteiger partial charge in [0, 0.05) is 32.2 Å². The third-order valence-electron chi connectivity index (χ3n) is 2.55. The first-order valence-corrected chi connectivity index (χ1v) is 4.59. The molecule has 1 aliphatic heterocycles. The van der Waals surface area contributed by atoms with Gasteiger partial charge in [-0.05, 0) is 14.1 Å². The highest BCUT2D eigenvalue weighted by Gasteiger charge is 2.23. The van der Waals surface area contributed by atoms with Crippen LogP contribution in [0.3, 0.4) is 0 Å². The van der Waals surface area contributed by atoms with Crippen molar-refractivity contribution in [3.05, 3.63) is 17.0 Å². The first kappa shape index (κ1) is 8.72. The summed E-state index contributed by atoms with van der Waals surface area (Å²) in [6, 6.07) is 0. The van der Waals surface area contributed by atoms with Gasteiger partial charge in [0.15, 0.2) is 0 Å². The molecule has 1 N–H and O–H groups in total. The lowest BCUT2D eigenvalue weighted by atomic mass is 10.2. The third-order valence-corrected chi connectivity index (χ3v) is 2.55. The fourth-order valence-electron chi connectivity index (χ4n) is 1.93. The predicted molar refractivity (Wildman–Crippen MR) is 51.1 cm³/mol. The molecule has 1 aliphatic rings. The standard InChI is InChI=1S/C9H16N4/c1-10-4-8-7-5-12(2)6-9(7)13(3)11-8/h10H,4-6H2,1-3H3. The summed E-state index contributed by atoms with van der Waals surface area (Å²) in [5, 5.41) is 7.63. The average Bonchev–Trinajstić information content (AvgIpc) is 2.55. The van der Waals surface area contributed by atoms with Crippen LogP contribution in [0.25, 0.3) is 0 Å². The van der Waals surface area contributed by atoms with Crippen molar-refractivity contribution in [2.45, 2.75) is 19.6 Å². The van der Waals surface area contributed by atoms with Crippen LogP contribution in [0.1, 0.15) is 17.0 Å². The van der Waals surface area contributed by atoms with Crippen LogP contribution in [0.15, 0.2) is 0 Å². The van der Waals surface area contributed by atoms with E-state index in [4.69, 9.17) is 0 Å². The summed E-state index contributed by atoms with van der Waals surface area (Å²) in [5.41, 5.74) is 3.98. The van der Waals surface area contributed by atoms with Gasteiger partial charge in [0.05, 0.1) is 11.4 Å². The summed E-state index contributed by atoms with van der Waals surface area (Å²) in [4.78, 5) is 2.31. The van der Waals surface area contributed by atoms with Gasteiger partial charge < -0.3 is 5.32 Å². The molecule has 1 aromatic rings. The van der Waals surface area contributed by atoms with Crippen molar-refractivity contribution in [3.8, 4) is 0 Å². The molecule has 0 saturated carbocycles. The molecule has 2 rings (SSSR count). The first-order valence-electron chi connectivity index (χ1n) is 4.59. The van der Waals surface area contributed by atoms with Crippen molar-refractivity contribution < 1.29 is 0 Å². The van der Waals surface area contributed by atoms with Gasteiger partial charge in [-0.25, -0.2) is 0 Å². The molecule has 0 atom stereocenters. The minimum Gasteiger partial charge on any atom is -0.314 e. The largest absolute Gasteiger partial charge is 0.314 e. The van der Waals surface area contributed by atoms with E-state index in [9.17, 15) is 0 Å². The van der Waals surface area contributed by atoms with E-state index in [-0.39, 0.29) is 0 Å². The Balaban J connectivity index is 2.34. The van der Waals surface area contributed by atoms with Crippen LogP contribution in [-0.2, 0) is 26.7 Å². The third kappa shape index (κ3) is 1.36. The number of hydrogen-bond acceptors (Lipinski definition) is 3. The van der Waals surface area contributed by atoms with E-state index >= 15 is 0 Å². The molecule has 0 aliphatic carbocycles.